The average Bonchev–Trinajstić information content (AvgIpc) is 2.52. The van der Waals surface area contributed by atoms with Gasteiger partial charge in [-0.25, -0.2) is 0 Å². The summed E-state index contributed by atoms with van der Waals surface area (Å²) < 4.78 is 1.16. The van der Waals surface area contributed by atoms with Crippen molar-refractivity contribution < 1.29 is 4.79 Å². The van der Waals surface area contributed by atoms with Gasteiger partial charge in [-0.05, 0) is 55.4 Å². The van der Waals surface area contributed by atoms with E-state index in [9.17, 15) is 4.79 Å². The van der Waals surface area contributed by atoms with Crippen LogP contribution in [0.4, 0.5) is 5.69 Å². The summed E-state index contributed by atoms with van der Waals surface area (Å²) in [5, 5.41) is 0. The Labute approximate surface area is 146 Å². The number of amides is 1. The van der Waals surface area contributed by atoms with Crippen molar-refractivity contribution in [3.63, 3.8) is 0 Å². The fourth-order valence-corrected chi connectivity index (χ4v) is 3.95. The van der Waals surface area contributed by atoms with Gasteiger partial charge in [0.2, 0.25) is 5.91 Å². The first-order valence-electron chi connectivity index (χ1n) is 8.16. The molecule has 0 aliphatic carbocycles. The summed E-state index contributed by atoms with van der Waals surface area (Å²) in [5.74, 6) is 0.760. The standard InChI is InChI=1S/C20H22BrNO/c1-14-6-5-7-15(2)20(14)22-13-16(10-11-19(22)23)12-17-8-3-4-9-18(17)21/h3-9,16H,10-13H2,1-2H3. The van der Waals surface area contributed by atoms with Crippen LogP contribution >= 0.6 is 15.9 Å². The van der Waals surface area contributed by atoms with Crippen molar-refractivity contribution in [3.8, 4) is 0 Å². The van der Waals surface area contributed by atoms with Crippen LogP contribution in [0.15, 0.2) is 46.9 Å². The van der Waals surface area contributed by atoms with Gasteiger partial charge >= 0.3 is 0 Å². The fraction of sp³-hybridized carbons (Fsp3) is 0.350. The van der Waals surface area contributed by atoms with Crippen molar-refractivity contribution in [2.24, 2.45) is 5.92 Å². The Bertz CT molecular complexity index is 705. The SMILES string of the molecule is Cc1cccc(C)c1N1CC(Cc2ccccc2Br)CCC1=O. The molecule has 1 amide bonds. The van der Waals surface area contributed by atoms with Gasteiger partial charge in [0, 0.05) is 23.1 Å². The van der Waals surface area contributed by atoms with Gasteiger partial charge in [-0.3, -0.25) is 4.79 Å². The second-order valence-corrected chi connectivity index (χ2v) is 7.30. The Morgan fingerprint density at radius 2 is 1.78 bits per heavy atom. The summed E-state index contributed by atoms with van der Waals surface area (Å²) in [6, 6.07) is 14.6. The normalized spacial score (nSPS) is 18.3. The van der Waals surface area contributed by atoms with E-state index in [1.165, 1.54) is 16.7 Å². The number of para-hydroxylation sites is 1. The molecular weight excluding hydrogens is 350 g/mol. The van der Waals surface area contributed by atoms with Crippen molar-refractivity contribution in [3.05, 3.63) is 63.6 Å². The number of anilines is 1. The van der Waals surface area contributed by atoms with Crippen LogP contribution in [0, 0.1) is 19.8 Å². The molecular formula is C20H22BrNO. The number of nitrogens with zero attached hydrogens (tertiary/aromatic N) is 1. The third kappa shape index (κ3) is 3.50. The highest BCUT2D eigenvalue weighted by Gasteiger charge is 2.28. The van der Waals surface area contributed by atoms with Crippen LogP contribution in [0.5, 0.6) is 0 Å². The summed E-state index contributed by atoms with van der Waals surface area (Å²) in [5.41, 5.74) is 4.79. The van der Waals surface area contributed by atoms with Crippen LogP contribution < -0.4 is 4.90 Å². The zero-order chi connectivity index (χ0) is 16.4. The molecule has 1 fully saturated rings. The van der Waals surface area contributed by atoms with Crippen molar-refractivity contribution in [2.45, 2.75) is 33.1 Å². The predicted octanol–water partition coefficient (Wildman–Crippen LogP) is 5.05. The van der Waals surface area contributed by atoms with E-state index >= 15 is 0 Å². The lowest BCUT2D eigenvalue weighted by Crippen LogP contribution is -2.41. The summed E-state index contributed by atoms with van der Waals surface area (Å²) in [4.78, 5) is 14.5. The molecule has 1 atom stereocenters. The van der Waals surface area contributed by atoms with E-state index in [-0.39, 0.29) is 5.91 Å². The molecule has 0 radical (unpaired) electrons. The minimum absolute atomic E-state index is 0.255. The molecule has 0 N–H and O–H groups in total. The van der Waals surface area contributed by atoms with Crippen molar-refractivity contribution in [2.75, 3.05) is 11.4 Å². The number of carbonyl (C=O) groups is 1. The van der Waals surface area contributed by atoms with Crippen LogP contribution in [0.3, 0.4) is 0 Å². The second-order valence-electron chi connectivity index (χ2n) is 6.44. The molecule has 23 heavy (non-hydrogen) atoms. The summed E-state index contributed by atoms with van der Waals surface area (Å²) in [6.07, 6.45) is 2.63. The monoisotopic (exact) mass is 371 g/mol. The maximum atomic E-state index is 12.5. The van der Waals surface area contributed by atoms with Gasteiger partial charge in [0.05, 0.1) is 0 Å². The van der Waals surface area contributed by atoms with Gasteiger partial charge in [-0.1, -0.05) is 52.3 Å². The molecule has 3 heteroatoms. The molecule has 2 nitrogen and oxygen atoms in total. The molecule has 1 unspecified atom stereocenters. The number of rotatable bonds is 3. The molecule has 2 aromatic carbocycles. The van der Waals surface area contributed by atoms with Gasteiger partial charge in [0.25, 0.3) is 0 Å². The third-order valence-electron chi connectivity index (χ3n) is 4.68. The Morgan fingerprint density at radius 1 is 1.09 bits per heavy atom. The lowest BCUT2D eigenvalue weighted by atomic mass is 9.90. The second kappa shape index (κ2) is 6.88. The van der Waals surface area contributed by atoms with Crippen molar-refractivity contribution in [1.29, 1.82) is 0 Å². The Kier molecular flexibility index (Phi) is 4.86. The van der Waals surface area contributed by atoms with E-state index in [1.54, 1.807) is 0 Å². The highest BCUT2D eigenvalue weighted by Crippen LogP contribution is 2.32. The summed E-state index contributed by atoms with van der Waals surface area (Å²) in [6.45, 7) is 4.99. The third-order valence-corrected chi connectivity index (χ3v) is 5.46. The fourth-order valence-electron chi connectivity index (χ4n) is 3.50. The maximum Gasteiger partial charge on any atom is 0.227 e. The van der Waals surface area contributed by atoms with Crippen LogP contribution in [-0.4, -0.2) is 12.5 Å². The molecule has 1 saturated heterocycles. The number of hydrogen-bond donors (Lipinski definition) is 0. The van der Waals surface area contributed by atoms with E-state index in [2.05, 4.69) is 66.2 Å². The zero-order valence-corrected chi connectivity index (χ0v) is 15.3. The molecule has 3 rings (SSSR count). The van der Waals surface area contributed by atoms with Crippen molar-refractivity contribution >= 4 is 27.5 Å². The predicted molar refractivity (Wildman–Crippen MR) is 98.8 cm³/mol. The highest BCUT2D eigenvalue weighted by atomic mass is 79.9. The Balaban J connectivity index is 1.83. The zero-order valence-electron chi connectivity index (χ0n) is 13.7. The molecule has 0 saturated carbocycles. The number of carbonyl (C=O) groups excluding carboxylic acids is 1. The average molecular weight is 372 g/mol. The van der Waals surface area contributed by atoms with Gasteiger partial charge in [-0.2, -0.15) is 0 Å². The summed E-state index contributed by atoms with van der Waals surface area (Å²) >= 11 is 3.64. The molecule has 0 bridgehead atoms. The van der Waals surface area contributed by atoms with Crippen LogP contribution in [0.25, 0.3) is 0 Å². The lowest BCUT2D eigenvalue weighted by molar-refractivity contribution is -0.120. The van der Waals surface area contributed by atoms with Gasteiger partial charge in [0.15, 0.2) is 0 Å². The van der Waals surface area contributed by atoms with E-state index in [0.717, 1.165) is 29.5 Å². The number of aryl methyl sites for hydroxylation is 2. The minimum Gasteiger partial charge on any atom is -0.312 e. The van der Waals surface area contributed by atoms with Gasteiger partial charge in [-0.15, -0.1) is 0 Å². The molecule has 0 aromatic heterocycles. The number of benzene rings is 2. The minimum atomic E-state index is 0.255. The largest absolute Gasteiger partial charge is 0.312 e. The van der Waals surface area contributed by atoms with Crippen molar-refractivity contribution in [1.82, 2.24) is 0 Å². The molecule has 1 aliphatic rings. The quantitative estimate of drug-likeness (QED) is 0.738. The Morgan fingerprint density at radius 3 is 2.48 bits per heavy atom. The van der Waals surface area contributed by atoms with E-state index in [1.807, 2.05) is 11.0 Å². The first-order valence-corrected chi connectivity index (χ1v) is 8.95. The van der Waals surface area contributed by atoms with Gasteiger partial charge in [0.1, 0.15) is 0 Å². The highest BCUT2D eigenvalue weighted by molar-refractivity contribution is 9.10. The first kappa shape index (κ1) is 16.3. The number of hydrogen-bond acceptors (Lipinski definition) is 1. The van der Waals surface area contributed by atoms with Crippen LogP contribution in [0.1, 0.15) is 29.5 Å². The molecule has 120 valence electrons. The number of piperidine rings is 1. The first-order chi connectivity index (χ1) is 11.1. The topological polar surface area (TPSA) is 20.3 Å². The van der Waals surface area contributed by atoms with Gasteiger partial charge < -0.3 is 4.90 Å². The number of halogens is 1. The summed E-state index contributed by atoms with van der Waals surface area (Å²) in [7, 11) is 0. The Hall–Kier alpha value is -1.61. The maximum absolute atomic E-state index is 12.5. The smallest absolute Gasteiger partial charge is 0.227 e. The molecule has 2 aromatic rings. The van der Waals surface area contributed by atoms with E-state index in [4.69, 9.17) is 0 Å². The molecule has 0 spiro atoms. The van der Waals surface area contributed by atoms with Crippen LogP contribution in [-0.2, 0) is 11.2 Å². The van der Waals surface area contributed by atoms with E-state index < -0.39 is 0 Å². The lowest BCUT2D eigenvalue weighted by Gasteiger charge is -2.34. The van der Waals surface area contributed by atoms with E-state index in [0.29, 0.717) is 12.3 Å². The molecule has 1 aliphatic heterocycles. The molecule has 1 heterocycles. The van der Waals surface area contributed by atoms with Crippen LogP contribution in [0.2, 0.25) is 0 Å².